The van der Waals surface area contributed by atoms with Gasteiger partial charge in [-0.1, -0.05) is 11.6 Å². The minimum absolute atomic E-state index is 0.362. The molecule has 3 aromatic heterocycles. The monoisotopic (exact) mass is 388 g/mol. The van der Waals surface area contributed by atoms with Gasteiger partial charge in [-0.25, -0.2) is 0 Å². The number of hydrogen-bond acceptors (Lipinski definition) is 6. The summed E-state index contributed by atoms with van der Waals surface area (Å²) in [4.78, 5) is 14.7. The number of aryl methyl sites for hydroxylation is 1. The van der Waals surface area contributed by atoms with Gasteiger partial charge in [0.25, 0.3) is 0 Å². The molecule has 1 aliphatic rings. The number of hydrogen-bond donors (Lipinski definition) is 3. The molecule has 144 valence electrons. The molecule has 0 radical (unpaired) electrons. The van der Waals surface area contributed by atoms with Gasteiger partial charge >= 0.3 is 0 Å². The minimum Gasteiger partial charge on any atom is -0.355 e. The Morgan fingerprint density at radius 1 is 1.37 bits per heavy atom. The summed E-state index contributed by atoms with van der Waals surface area (Å²) in [5.74, 6) is 1.36. The summed E-state index contributed by atoms with van der Waals surface area (Å²) in [6.45, 7) is 6.01. The average molecular weight is 389 g/mol. The van der Waals surface area contributed by atoms with Crippen LogP contribution in [0.5, 0.6) is 0 Å². The molecule has 4 heterocycles. The highest BCUT2D eigenvalue weighted by molar-refractivity contribution is 6.36. The van der Waals surface area contributed by atoms with E-state index < -0.39 is 0 Å². The summed E-state index contributed by atoms with van der Waals surface area (Å²) in [6, 6.07) is 0.921. The summed E-state index contributed by atoms with van der Waals surface area (Å²) in [5.41, 5.74) is 1.58. The second-order valence-corrected chi connectivity index (χ2v) is 7.50. The molecule has 1 fully saturated rings. The van der Waals surface area contributed by atoms with Gasteiger partial charge in [0.15, 0.2) is 0 Å². The quantitative estimate of drug-likeness (QED) is 0.622. The van der Waals surface area contributed by atoms with Crippen LogP contribution in [0.25, 0.3) is 11.0 Å². The van der Waals surface area contributed by atoms with Crippen molar-refractivity contribution in [2.24, 2.45) is 0 Å². The van der Waals surface area contributed by atoms with E-state index in [9.17, 15) is 0 Å². The Morgan fingerprint density at radius 2 is 2.22 bits per heavy atom. The van der Waals surface area contributed by atoms with Crippen molar-refractivity contribution in [3.63, 3.8) is 0 Å². The van der Waals surface area contributed by atoms with Crippen LogP contribution >= 0.6 is 11.6 Å². The van der Waals surface area contributed by atoms with Crippen LogP contribution in [0, 0.1) is 0 Å². The predicted octanol–water partition coefficient (Wildman–Crippen LogP) is 3.15. The lowest BCUT2D eigenvalue weighted by Crippen LogP contribution is -2.48. The molecule has 1 aliphatic heterocycles. The third-order valence-electron chi connectivity index (χ3n) is 5.19. The molecular weight excluding hydrogens is 364 g/mol. The van der Waals surface area contributed by atoms with E-state index in [-0.39, 0.29) is 0 Å². The van der Waals surface area contributed by atoms with Gasteiger partial charge in [-0.15, -0.1) is 0 Å². The summed E-state index contributed by atoms with van der Waals surface area (Å²) in [5, 5.41) is 12.6. The lowest BCUT2D eigenvalue weighted by Gasteiger charge is -2.35. The van der Waals surface area contributed by atoms with E-state index in [1.165, 1.54) is 0 Å². The van der Waals surface area contributed by atoms with Gasteiger partial charge in [0.2, 0.25) is 5.95 Å². The lowest BCUT2D eigenvalue weighted by atomic mass is 10.0. The molecule has 2 atom stereocenters. The van der Waals surface area contributed by atoms with E-state index in [0.29, 0.717) is 23.1 Å². The number of aromatic amines is 1. The van der Waals surface area contributed by atoms with Crippen LogP contribution in [0.1, 0.15) is 26.7 Å². The van der Waals surface area contributed by atoms with E-state index >= 15 is 0 Å². The molecular formula is C18H25ClN8. The van der Waals surface area contributed by atoms with Gasteiger partial charge in [0.1, 0.15) is 11.5 Å². The Balaban J connectivity index is 1.68. The Labute approximate surface area is 163 Å². The molecule has 0 aliphatic carbocycles. The third kappa shape index (κ3) is 3.59. The zero-order chi connectivity index (χ0) is 19.0. The number of aromatic nitrogens is 5. The van der Waals surface area contributed by atoms with Gasteiger partial charge in [0.05, 0.1) is 22.3 Å². The zero-order valence-corrected chi connectivity index (χ0v) is 16.6. The smallest absolute Gasteiger partial charge is 0.231 e. The molecule has 0 unspecified atom stereocenters. The van der Waals surface area contributed by atoms with Crippen LogP contribution in [0.4, 0.5) is 17.5 Å². The average Bonchev–Trinajstić information content (AvgIpc) is 3.28. The highest BCUT2D eigenvalue weighted by atomic mass is 35.5. The molecule has 1 saturated heterocycles. The normalized spacial score (nSPS) is 20.1. The highest BCUT2D eigenvalue weighted by Gasteiger charge is 2.25. The van der Waals surface area contributed by atoms with Crippen molar-refractivity contribution in [3.8, 4) is 0 Å². The SMILES string of the molecule is CCn1cc(Nc2nc(N(C)[C@@H]3CC[C@H](C)NC3)c3c(Cl)c[nH]c3n2)cn1. The molecule has 4 rings (SSSR count). The van der Waals surface area contributed by atoms with Gasteiger partial charge in [-0.3, -0.25) is 4.68 Å². The van der Waals surface area contributed by atoms with Gasteiger partial charge < -0.3 is 20.5 Å². The summed E-state index contributed by atoms with van der Waals surface area (Å²) < 4.78 is 1.86. The van der Waals surface area contributed by atoms with Crippen molar-refractivity contribution in [1.29, 1.82) is 0 Å². The van der Waals surface area contributed by atoms with Crippen molar-refractivity contribution in [2.75, 3.05) is 23.8 Å². The van der Waals surface area contributed by atoms with Crippen molar-refractivity contribution in [3.05, 3.63) is 23.6 Å². The molecule has 0 saturated carbocycles. The number of H-pyrrole nitrogens is 1. The number of anilines is 3. The van der Waals surface area contributed by atoms with Crippen molar-refractivity contribution >= 4 is 40.1 Å². The number of nitrogens with one attached hydrogen (secondary N) is 3. The number of rotatable bonds is 5. The molecule has 0 spiro atoms. The molecule has 0 aromatic carbocycles. The lowest BCUT2D eigenvalue weighted by molar-refractivity contribution is 0.375. The molecule has 8 nitrogen and oxygen atoms in total. The van der Waals surface area contributed by atoms with E-state index in [1.54, 1.807) is 12.4 Å². The maximum Gasteiger partial charge on any atom is 0.231 e. The first-order valence-corrected chi connectivity index (χ1v) is 9.73. The fraction of sp³-hybridized carbons (Fsp3) is 0.500. The maximum atomic E-state index is 6.43. The molecule has 0 bridgehead atoms. The molecule has 3 N–H and O–H groups in total. The third-order valence-corrected chi connectivity index (χ3v) is 5.49. The Hall–Kier alpha value is -2.32. The second-order valence-electron chi connectivity index (χ2n) is 7.09. The van der Waals surface area contributed by atoms with E-state index in [4.69, 9.17) is 16.6 Å². The first-order valence-electron chi connectivity index (χ1n) is 9.35. The van der Waals surface area contributed by atoms with Crippen molar-refractivity contribution in [1.82, 2.24) is 30.0 Å². The molecule has 3 aromatic rings. The summed E-state index contributed by atoms with van der Waals surface area (Å²) >= 11 is 6.43. The van der Waals surface area contributed by atoms with Crippen molar-refractivity contribution < 1.29 is 0 Å². The van der Waals surface area contributed by atoms with Crippen LogP contribution in [-0.4, -0.2) is 50.4 Å². The Morgan fingerprint density at radius 3 is 2.93 bits per heavy atom. The fourth-order valence-electron chi connectivity index (χ4n) is 3.51. The molecule has 0 amide bonds. The standard InChI is InChI=1S/C18H25ClN8/c1-4-27-10-12(7-22-27)23-18-24-16-15(14(19)9-21-16)17(25-18)26(3)13-6-5-11(2)20-8-13/h7,9-11,13,20H,4-6,8H2,1-3H3,(H2,21,23,24,25)/t11-,13+/m0/s1. The van der Waals surface area contributed by atoms with Crippen molar-refractivity contribution in [2.45, 2.75) is 45.3 Å². The number of nitrogens with zero attached hydrogens (tertiary/aromatic N) is 5. The van der Waals surface area contributed by atoms with Gasteiger partial charge in [-0.05, 0) is 26.7 Å². The number of halogens is 1. The first-order chi connectivity index (χ1) is 13.0. The predicted molar refractivity (Wildman–Crippen MR) is 109 cm³/mol. The highest BCUT2D eigenvalue weighted by Crippen LogP contribution is 2.33. The number of fused-ring (bicyclic) bond motifs is 1. The summed E-state index contributed by atoms with van der Waals surface area (Å²) in [7, 11) is 2.08. The number of piperidine rings is 1. The van der Waals surface area contributed by atoms with E-state index in [0.717, 1.165) is 48.5 Å². The van der Waals surface area contributed by atoms with E-state index in [1.807, 2.05) is 17.8 Å². The van der Waals surface area contributed by atoms with Gasteiger partial charge in [-0.2, -0.15) is 15.1 Å². The zero-order valence-electron chi connectivity index (χ0n) is 15.8. The molecule has 27 heavy (non-hydrogen) atoms. The van der Waals surface area contributed by atoms with Crippen LogP contribution in [-0.2, 0) is 6.54 Å². The maximum absolute atomic E-state index is 6.43. The van der Waals surface area contributed by atoms with Crippen LogP contribution in [0.3, 0.4) is 0 Å². The summed E-state index contributed by atoms with van der Waals surface area (Å²) in [6.07, 6.45) is 7.73. The van der Waals surface area contributed by atoms with Gasteiger partial charge in [0, 0.05) is 44.6 Å². The van der Waals surface area contributed by atoms with E-state index in [2.05, 4.69) is 44.6 Å². The van der Waals surface area contributed by atoms with Crippen LogP contribution < -0.4 is 15.5 Å². The van der Waals surface area contributed by atoms with Crippen LogP contribution in [0.2, 0.25) is 5.02 Å². The molecule has 9 heteroatoms. The fourth-order valence-corrected chi connectivity index (χ4v) is 3.73. The Kier molecular flexibility index (Phi) is 4.92. The second kappa shape index (κ2) is 7.36. The minimum atomic E-state index is 0.362. The largest absolute Gasteiger partial charge is 0.355 e. The van der Waals surface area contributed by atoms with Crippen LogP contribution in [0.15, 0.2) is 18.6 Å². The first kappa shape index (κ1) is 18.1. The topological polar surface area (TPSA) is 86.7 Å². The number of likely N-dealkylation sites (N-methyl/N-ethyl adjacent to an activating group) is 1. The Bertz CT molecular complexity index is 925.